The number of rotatable bonds is 2. The Bertz CT molecular complexity index is 186. The normalized spacial score (nSPS) is 44.1. The first-order chi connectivity index (χ1) is 6.83. The minimum Gasteiger partial charge on any atom is -0.392 e. The Kier molecular flexibility index (Phi) is 3.74. The molecule has 0 amide bonds. The van der Waals surface area contributed by atoms with E-state index in [0.717, 1.165) is 11.5 Å². The van der Waals surface area contributed by atoms with Crippen molar-refractivity contribution in [2.45, 2.75) is 37.9 Å². The molecule has 0 bridgehead atoms. The SMILES string of the molecule is COC1CCCCC1C1CSCC1O. The third-order valence-corrected chi connectivity index (χ3v) is 4.90. The van der Waals surface area contributed by atoms with Crippen molar-refractivity contribution >= 4 is 11.8 Å². The van der Waals surface area contributed by atoms with Crippen LogP contribution in [0, 0.1) is 11.8 Å². The van der Waals surface area contributed by atoms with Gasteiger partial charge >= 0.3 is 0 Å². The van der Waals surface area contributed by atoms with Crippen molar-refractivity contribution in [3.8, 4) is 0 Å². The predicted octanol–water partition coefficient (Wildman–Crippen LogP) is 1.92. The number of hydrogen-bond acceptors (Lipinski definition) is 3. The Labute approximate surface area is 90.4 Å². The highest BCUT2D eigenvalue weighted by Gasteiger charge is 2.38. The van der Waals surface area contributed by atoms with E-state index in [1.807, 2.05) is 18.9 Å². The van der Waals surface area contributed by atoms with Crippen LogP contribution in [0.3, 0.4) is 0 Å². The molecule has 2 fully saturated rings. The highest BCUT2D eigenvalue weighted by atomic mass is 32.2. The average Bonchev–Trinajstić information content (AvgIpc) is 2.64. The minimum absolute atomic E-state index is 0.0826. The molecule has 1 N–H and O–H groups in total. The number of methoxy groups -OCH3 is 1. The average molecular weight is 216 g/mol. The largest absolute Gasteiger partial charge is 0.392 e. The van der Waals surface area contributed by atoms with Crippen LogP contribution >= 0.6 is 11.8 Å². The summed E-state index contributed by atoms with van der Waals surface area (Å²) >= 11 is 1.89. The molecule has 2 nitrogen and oxygen atoms in total. The van der Waals surface area contributed by atoms with Gasteiger partial charge < -0.3 is 9.84 Å². The summed E-state index contributed by atoms with van der Waals surface area (Å²) in [5.41, 5.74) is 0. The quantitative estimate of drug-likeness (QED) is 0.764. The molecule has 14 heavy (non-hydrogen) atoms. The van der Waals surface area contributed by atoms with Crippen molar-refractivity contribution < 1.29 is 9.84 Å². The lowest BCUT2D eigenvalue weighted by molar-refractivity contribution is -0.0218. The lowest BCUT2D eigenvalue weighted by atomic mass is 9.76. The van der Waals surface area contributed by atoms with Crippen molar-refractivity contribution in [3.63, 3.8) is 0 Å². The zero-order valence-corrected chi connectivity index (χ0v) is 9.63. The van der Waals surface area contributed by atoms with Gasteiger partial charge in [0.25, 0.3) is 0 Å². The van der Waals surface area contributed by atoms with Gasteiger partial charge in [-0.05, 0) is 30.4 Å². The molecule has 1 saturated carbocycles. The summed E-state index contributed by atoms with van der Waals surface area (Å²) in [6, 6.07) is 0. The van der Waals surface area contributed by atoms with Crippen molar-refractivity contribution in [1.29, 1.82) is 0 Å². The second-order valence-electron chi connectivity index (χ2n) is 4.49. The number of ether oxygens (including phenoxy) is 1. The van der Waals surface area contributed by atoms with Gasteiger partial charge in [0.15, 0.2) is 0 Å². The van der Waals surface area contributed by atoms with Crippen LogP contribution in [0.1, 0.15) is 25.7 Å². The van der Waals surface area contributed by atoms with E-state index >= 15 is 0 Å². The maximum atomic E-state index is 9.88. The van der Waals surface area contributed by atoms with Crippen LogP contribution in [0.4, 0.5) is 0 Å². The molecule has 0 aromatic heterocycles. The maximum absolute atomic E-state index is 9.88. The molecule has 1 aliphatic heterocycles. The van der Waals surface area contributed by atoms with Gasteiger partial charge in [0, 0.05) is 12.9 Å². The smallest absolute Gasteiger partial charge is 0.0670 e. The highest BCUT2D eigenvalue weighted by molar-refractivity contribution is 7.99. The van der Waals surface area contributed by atoms with E-state index in [0.29, 0.717) is 17.9 Å². The lowest BCUT2D eigenvalue weighted by Gasteiger charge is -2.35. The van der Waals surface area contributed by atoms with Crippen LogP contribution in [-0.4, -0.2) is 35.9 Å². The van der Waals surface area contributed by atoms with Crippen molar-refractivity contribution in [1.82, 2.24) is 0 Å². The van der Waals surface area contributed by atoms with Crippen LogP contribution in [0.25, 0.3) is 0 Å². The zero-order valence-electron chi connectivity index (χ0n) is 8.82. The van der Waals surface area contributed by atoms with Crippen molar-refractivity contribution in [2.24, 2.45) is 11.8 Å². The van der Waals surface area contributed by atoms with Crippen molar-refractivity contribution in [3.05, 3.63) is 0 Å². The van der Waals surface area contributed by atoms with Gasteiger partial charge in [-0.15, -0.1) is 0 Å². The Morgan fingerprint density at radius 1 is 1.14 bits per heavy atom. The van der Waals surface area contributed by atoms with Crippen LogP contribution in [0.5, 0.6) is 0 Å². The van der Waals surface area contributed by atoms with Crippen LogP contribution in [-0.2, 0) is 4.74 Å². The molecule has 1 saturated heterocycles. The molecule has 4 unspecified atom stereocenters. The molecular weight excluding hydrogens is 196 g/mol. The van der Waals surface area contributed by atoms with Gasteiger partial charge in [0.2, 0.25) is 0 Å². The molecule has 2 aliphatic rings. The third-order valence-electron chi connectivity index (χ3n) is 3.70. The topological polar surface area (TPSA) is 29.5 Å². The fourth-order valence-corrected chi connectivity index (χ4v) is 4.24. The van der Waals surface area contributed by atoms with Crippen molar-refractivity contribution in [2.75, 3.05) is 18.6 Å². The van der Waals surface area contributed by atoms with E-state index in [9.17, 15) is 5.11 Å². The first-order valence-corrected chi connectivity index (χ1v) is 6.77. The molecule has 0 radical (unpaired) electrons. The highest BCUT2D eigenvalue weighted by Crippen LogP contribution is 2.39. The number of aliphatic hydroxyl groups excluding tert-OH is 1. The lowest BCUT2D eigenvalue weighted by Crippen LogP contribution is -2.37. The van der Waals surface area contributed by atoms with E-state index in [-0.39, 0.29) is 6.10 Å². The number of thioether (sulfide) groups is 1. The van der Waals surface area contributed by atoms with E-state index in [1.165, 1.54) is 25.7 Å². The van der Waals surface area contributed by atoms with E-state index < -0.39 is 0 Å². The fraction of sp³-hybridized carbons (Fsp3) is 1.00. The first-order valence-electron chi connectivity index (χ1n) is 5.61. The molecule has 4 atom stereocenters. The van der Waals surface area contributed by atoms with Gasteiger partial charge in [-0.1, -0.05) is 12.8 Å². The molecule has 0 spiro atoms. The summed E-state index contributed by atoms with van der Waals surface area (Å²) in [6.45, 7) is 0. The summed E-state index contributed by atoms with van der Waals surface area (Å²) in [6.07, 6.45) is 5.38. The molecule has 0 aromatic carbocycles. The molecule has 1 heterocycles. The Morgan fingerprint density at radius 3 is 2.57 bits per heavy atom. The number of hydrogen-bond donors (Lipinski definition) is 1. The number of aliphatic hydroxyl groups is 1. The summed E-state index contributed by atoms with van der Waals surface area (Å²) in [5, 5.41) is 9.88. The Hall–Kier alpha value is 0.270. The first kappa shape index (κ1) is 10.8. The van der Waals surface area contributed by atoms with E-state index in [1.54, 1.807) is 0 Å². The monoisotopic (exact) mass is 216 g/mol. The predicted molar refractivity (Wildman–Crippen MR) is 59.6 cm³/mol. The minimum atomic E-state index is -0.0826. The summed E-state index contributed by atoms with van der Waals surface area (Å²) in [7, 11) is 1.82. The standard InChI is InChI=1S/C11H20O2S/c1-13-11-5-3-2-4-8(11)9-6-14-7-10(9)12/h8-12H,2-7H2,1H3. The Morgan fingerprint density at radius 2 is 1.93 bits per heavy atom. The third kappa shape index (κ3) is 2.10. The maximum Gasteiger partial charge on any atom is 0.0670 e. The van der Waals surface area contributed by atoms with Gasteiger partial charge in [0.1, 0.15) is 0 Å². The second-order valence-corrected chi connectivity index (χ2v) is 5.57. The van der Waals surface area contributed by atoms with Gasteiger partial charge in [-0.25, -0.2) is 0 Å². The van der Waals surface area contributed by atoms with Gasteiger partial charge in [-0.3, -0.25) is 0 Å². The van der Waals surface area contributed by atoms with Crippen LogP contribution in [0.2, 0.25) is 0 Å². The van der Waals surface area contributed by atoms with Gasteiger partial charge in [-0.2, -0.15) is 11.8 Å². The Balaban J connectivity index is 1.99. The van der Waals surface area contributed by atoms with E-state index in [4.69, 9.17) is 4.74 Å². The molecule has 82 valence electrons. The summed E-state index contributed by atoms with van der Waals surface area (Å²) in [4.78, 5) is 0. The molecule has 3 heteroatoms. The van der Waals surface area contributed by atoms with E-state index in [2.05, 4.69) is 0 Å². The van der Waals surface area contributed by atoms with Crippen LogP contribution < -0.4 is 0 Å². The zero-order chi connectivity index (χ0) is 9.97. The molecule has 0 aromatic rings. The van der Waals surface area contributed by atoms with Gasteiger partial charge in [0.05, 0.1) is 12.2 Å². The summed E-state index contributed by atoms with van der Waals surface area (Å²) in [5.74, 6) is 3.16. The molecular formula is C11H20O2S. The second kappa shape index (κ2) is 4.86. The van der Waals surface area contributed by atoms with Crippen LogP contribution in [0.15, 0.2) is 0 Å². The molecule has 2 rings (SSSR count). The molecule has 1 aliphatic carbocycles. The summed E-state index contributed by atoms with van der Waals surface area (Å²) < 4.78 is 5.54. The fourth-order valence-electron chi connectivity index (χ4n) is 2.88.